The fraction of sp³-hybridized carbons (Fsp3) is 0.267. The highest BCUT2D eigenvalue weighted by molar-refractivity contribution is 5.83. The second kappa shape index (κ2) is 13.6. The molecule has 0 atom stereocenters. The Balaban J connectivity index is 1.79. The number of esters is 2. The van der Waals surface area contributed by atoms with E-state index in [4.69, 9.17) is 28.4 Å². The van der Waals surface area contributed by atoms with Crippen molar-refractivity contribution in [2.75, 3.05) is 28.4 Å². The van der Waals surface area contributed by atoms with Crippen molar-refractivity contribution in [3.63, 3.8) is 0 Å². The third-order valence-corrected chi connectivity index (χ3v) is 5.95. The number of hydrogen-bond acceptors (Lipinski definition) is 8. The maximum absolute atomic E-state index is 12.4. The molecule has 38 heavy (non-hydrogen) atoms. The van der Waals surface area contributed by atoms with Crippen molar-refractivity contribution in [2.45, 2.75) is 24.8 Å². The molecule has 0 fully saturated rings. The zero-order chi connectivity index (χ0) is 27.4. The summed E-state index contributed by atoms with van der Waals surface area (Å²) >= 11 is 0. The van der Waals surface area contributed by atoms with Gasteiger partial charge in [0.05, 0.1) is 0 Å². The molecule has 3 rings (SSSR count). The van der Waals surface area contributed by atoms with Gasteiger partial charge in [-0.2, -0.15) is 0 Å². The average molecular weight is 521 g/mol. The van der Waals surface area contributed by atoms with E-state index in [9.17, 15) is 9.59 Å². The monoisotopic (exact) mass is 520 g/mol. The second-order valence-corrected chi connectivity index (χ2v) is 8.20. The third kappa shape index (κ3) is 7.14. The summed E-state index contributed by atoms with van der Waals surface area (Å²) in [5, 5.41) is 0. The highest BCUT2D eigenvalue weighted by Gasteiger charge is 2.44. The molecular weight excluding hydrogens is 488 g/mol. The minimum atomic E-state index is -1.40. The first-order valence-electron chi connectivity index (χ1n) is 11.8. The fourth-order valence-corrected chi connectivity index (χ4v) is 3.85. The number of carbonyl (C=O) groups is 2. The molecule has 0 aliphatic heterocycles. The van der Waals surface area contributed by atoms with Gasteiger partial charge in [0.15, 0.2) is 0 Å². The van der Waals surface area contributed by atoms with Crippen LogP contribution in [0.5, 0.6) is 0 Å². The molecule has 0 aromatic heterocycles. The van der Waals surface area contributed by atoms with Crippen LogP contribution in [-0.4, -0.2) is 52.0 Å². The Labute approximate surface area is 222 Å². The van der Waals surface area contributed by atoms with E-state index in [0.717, 1.165) is 11.1 Å². The molecule has 1 aliphatic rings. The molecule has 0 saturated carbocycles. The van der Waals surface area contributed by atoms with Gasteiger partial charge in [-0.25, -0.2) is 9.59 Å². The normalized spacial score (nSPS) is 16.2. The Morgan fingerprint density at radius 1 is 0.605 bits per heavy atom. The summed E-state index contributed by atoms with van der Waals surface area (Å²) in [7, 11) is 5.82. The fourth-order valence-electron chi connectivity index (χ4n) is 3.85. The van der Waals surface area contributed by atoms with Gasteiger partial charge in [0.25, 0.3) is 0 Å². The Morgan fingerprint density at radius 3 is 1.26 bits per heavy atom. The summed E-state index contributed by atoms with van der Waals surface area (Å²) in [5.74, 6) is -3.89. The molecule has 0 radical (unpaired) electrons. The van der Waals surface area contributed by atoms with Gasteiger partial charge in [0.1, 0.15) is 13.2 Å². The topological polar surface area (TPSA) is 89.5 Å². The zero-order valence-corrected chi connectivity index (χ0v) is 21.9. The van der Waals surface area contributed by atoms with E-state index in [1.807, 2.05) is 60.7 Å². The molecule has 1 aliphatic carbocycles. The quantitative estimate of drug-likeness (QED) is 0.231. The van der Waals surface area contributed by atoms with Crippen molar-refractivity contribution < 1.29 is 38.0 Å². The minimum absolute atomic E-state index is 0.137. The first kappa shape index (κ1) is 28.7. The summed E-state index contributed by atoms with van der Waals surface area (Å²) in [6.07, 6.45) is 8.78. The van der Waals surface area contributed by atoms with E-state index in [1.54, 1.807) is 12.2 Å². The number of methoxy groups -OCH3 is 4. The lowest BCUT2D eigenvalue weighted by atomic mass is 9.88. The van der Waals surface area contributed by atoms with Crippen molar-refractivity contribution in [2.24, 2.45) is 0 Å². The average Bonchev–Trinajstić information content (AvgIpc) is 2.97. The summed E-state index contributed by atoms with van der Waals surface area (Å²) in [5.41, 5.74) is 2.58. The number of hydrogen-bond donors (Lipinski definition) is 0. The smallest absolute Gasteiger partial charge is 0.331 e. The molecule has 8 nitrogen and oxygen atoms in total. The van der Waals surface area contributed by atoms with E-state index in [0.29, 0.717) is 11.1 Å². The van der Waals surface area contributed by atoms with Crippen LogP contribution in [0.1, 0.15) is 11.1 Å². The van der Waals surface area contributed by atoms with Gasteiger partial charge < -0.3 is 28.4 Å². The van der Waals surface area contributed by atoms with Crippen molar-refractivity contribution in [3.05, 3.63) is 119 Å². The molecule has 200 valence electrons. The molecule has 0 unspecified atom stereocenters. The van der Waals surface area contributed by atoms with E-state index >= 15 is 0 Å². The molecule has 0 amide bonds. The molecule has 0 heterocycles. The number of benzene rings is 2. The largest absolute Gasteiger partial charge is 0.458 e. The van der Waals surface area contributed by atoms with Gasteiger partial charge in [-0.05, 0) is 35.4 Å². The van der Waals surface area contributed by atoms with E-state index in [-0.39, 0.29) is 13.2 Å². The van der Waals surface area contributed by atoms with Gasteiger partial charge in [0, 0.05) is 51.7 Å². The van der Waals surface area contributed by atoms with E-state index in [1.165, 1.54) is 52.7 Å². The Morgan fingerprint density at radius 2 is 0.947 bits per heavy atom. The number of ether oxygens (including phenoxy) is 6. The highest BCUT2D eigenvalue weighted by atomic mass is 16.7. The van der Waals surface area contributed by atoms with Crippen molar-refractivity contribution in [1.29, 1.82) is 0 Å². The highest BCUT2D eigenvalue weighted by Crippen LogP contribution is 2.39. The van der Waals surface area contributed by atoms with E-state index < -0.39 is 23.5 Å². The van der Waals surface area contributed by atoms with Crippen LogP contribution < -0.4 is 0 Å². The molecule has 0 saturated heterocycles. The van der Waals surface area contributed by atoms with Gasteiger partial charge in [-0.15, -0.1) is 0 Å². The van der Waals surface area contributed by atoms with Gasteiger partial charge in [-0.3, -0.25) is 0 Å². The standard InChI is InChI=1S/C30H32O8/c1-33-29(34-2)19-26(16-18-28(32)38-22-24-13-9-6-10-14-24)30(35-3,36-4)20-25(29)15-17-27(31)37-21-23-11-7-5-8-12-23/h5-20H,21-22H2,1-4H3/b17-15+,18-16+. The lowest BCUT2D eigenvalue weighted by molar-refractivity contribution is -0.168. The van der Waals surface area contributed by atoms with Gasteiger partial charge in [-0.1, -0.05) is 60.7 Å². The number of carbonyl (C=O) groups excluding carboxylic acids is 2. The maximum atomic E-state index is 12.4. The maximum Gasteiger partial charge on any atom is 0.331 e. The Hall–Kier alpha value is -3.82. The first-order valence-corrected chi connectivity index (χ1v) is 11.8. The minimum Gasteiger partial charge on any atom is -0.458 e. The van der Waals surface area contributed by atoms with Crippen LogP contribution in [0.3, 0.4) is 0 Å². The lowest BCUT2D eigenvalue weighted by Gasteiger charge is -2.40. The lowest BCUT2D eigenvalue weighted by Crippen LogP contribution is -2.44. The first-order chi connectivity index (χ1) is 18.4. The molecule has 8 heteroatoms. The molecule has 2 aromatic carbocycles. The van der Waals surface area contributed by atoms with Crippen LogP contribution in [0.25, 0.3) is 0 Å². The van der Waals surface area contributed by atoms with Crippen LogP contribution in [0.15, 0.2) is 108 Å². The van der Waals surface area contributed by atoms with Crippen LogP contribution in [-0.2, 0) is 51.2 Å². The molecule has 0 N–H and O–H groups in total. The van der Waals surface area contributed by atoms with E-state index in [2.05, 4.69) is 0 Å². The SMILES string of the molecule is COC1(OC)C=C(/C=C/C(=O)OCc2ccccc2)C(OC)(OC)C=C1/C=C/C(=O)OCc1ccccc1. The summed E-state index contributed by atoms with van der Waals surface area (Å²) in [6, 6.07) is 18.7. The Kier molecular flexibility index (Phi) is 10.3. The van der Waals surface area contributed by atoms with Crippen LogP contribution in [0.4, 0.5) is 0 Å². The van der Waals surface area contributed by atoms with Crippen LogP contribution in [0.2, 0.25) is 0 Å². The van der Waals surface area contributed by atoms with Crippen molar-refractivity contribution in [3.8, 4) is 0 Å². The van der Waals surface area contributed by atoms with Crippen LogP contribution in [0, 0.1) is 0 Å². The predicted octanol–water partition coefficient (Wildman–Crippen LogP) is 4.43. The second-order valence-electron chi connectivity index (χ2n) is 8.20. The molecular formula is C30H32O8. The van der Waals surface area contributed by atoms with Crippen molar-refractivity contribution >= 4 is 11.9 Å². The predicted molar refractivity (Wildman–Crippen MR) is 140 cm³/mol. The molecule has 2 aromatic rings. The van der Waals surface area contributed by atoms with Gasteiger partial charge >= 0.3 is 11.9 Å². The third-order valence-electron chi connectivity index (χ3n) is 5.95. The van der Waals surface area contributed by atoms with Gasteiger partial charge in [0.2, 0.25) is 11.6 Å². The number of rotatable bonds is 12. The van der Waals surface area contributed by atoms with Crippen molar-refractivity contribution in [1.82, 2.24) is 0 Å². The molecule has 0 bridgehead atoms. The molecule has 0 spiro atoms. The Bertz CT molecular complexity index is 1090. The summed E-state index contributed by atoms with van der Waals surface area (Å²) < 4.78 is 33.4. The van der Waals surface area contributed by atoms with Crippen LogP contribution >= 0.6 is 0 Å². The summed E-state index contributed by atoms with van der Waals surface area (Å²) in [6.45, 7) is 0.274. The summed E-state index contributed by atoms with van der Waals surface area (Å²) in [4.78, 5) is 24.8. The zero-order valence-electron chi connectivity index (χ0n) is 21.9.